The molecule has 176 valence electrons. The van der Waals surface area contributed by atoms with Crippen LogP contribution in [0.5, 0.6) is 5.75 Å². The summed E-state index contributed by atoms with van der Waals surface area (Å²) >= 11 is 0. The Kier molecular flexibility index (Phi) is 5.96. The Hall–Kier alpha value is -3.81. The molecule has 0 radical (unpaired) electrons. The molecule has 0 bridgehead atoms. The number of furan rings is 1. The fourth-order valence-corrected chi connectivity index (χ4v) is 4.45. The Morgan fingerprint density at radius 2 is 1.82 bits per heavy atom. The Morgan fingerprint density at radius 1 is 1.03 bits per heavy atom. The summed E-state index contributed by atoms with van der Waals surface area (Å²) in [6.07, 6.45) is 1.53. The van der Waals surface area contributed by atoms with E-state index in [0.717, 1.165) is 17.5 Å². The Labute approximate surface area is 195 Å². The molecule has 2 aromatic carbocycles. The van der Waals surface area contributed by atoms with Gasteiger partial charge in [0.2, 0.25) is 0 Å². The summed E-state index contributed by atoms with van der Waals surface area (Å²) in [5.74, 6) is -0.598. The average molecular weight is 466 g/mol. The van der Waals surface area contributed by atoms with Crippen molar-refractivity contribution in [3.8, 4) is 5.75 Å². The van der Waals surface area contributed by atoms with Crippen molar-refractivity contribution in [2.45, 2.75) is 13.5 Å². The molecule has 1 amide bonds. The van der Waals surface area contributed by atoms with E-state index in [1.54, 1.807) is 21.6 Å². The maximum absolute atomic E-state index is 14.4. The van der Waals surface area contributed by atoms with Gasteiger partial charge in [0.25, 0.3) is 5.91 Å². The first-order valence-corrected chi connectivity index (χ1v) is 11.3. The van der Waals surface area contributed by atoms with Crippen molar-refractivity contribution in [2.24, 2.45) is 0 Å². The number of rotatable bonds is 6. The van der Waals surface area contributed by atoms with Gasteiger partial charge >= 0.3 is 0 Å². The Morgan fingerprint density at radius 3 is 2.59 bits per heavy atom. The summed E-state index contributed by atoms with van der Waals surface area (Å²) in [5.41, 5.74) is 2.98. The largest absolute Gasteiger partial charge is 0.492 e. The van der Waals surface area contributed by atoms with Crippen LogP contribution in [0.2, 0.25) is 0 Å². The number of piperazine rings is 1. The van der Waals surface area contributed by atoms with E-state index in [9.17, 15) is 13.6 Å². The van der Waals surface area contributed by atoms with Crippen molar-refractivity contribution < 1.29 is 22.7 Å². The summed E-state index contributed by atoms with van der Waals surface area (Å²) in [6.45, 7) is 5.04. The van der Waals surface area contributed by atoms with Gasteiger partial charge in [0, 0.05) is 49.9 Å². The van der Waals surface area contributed by atoms with E-state index in [2.05, 4.69) is 4.90 Å². The third-order valence-electron chi connectivity index (χ3n) is 6.16. The van der Waals surface area contributed by atoms with Gasteiger partial charge in [0.1, 0.15) is 23.1 Å². The number of amides is 1. The fourth-order valence-electron chi connectivity index (χ4n) is 4.45. The molecule has 0 aliphatic carbocycles. The summed E-state index contributed by atoms with van der Waals surface area (Å²) in [4.78, 5) is 17.5. The van der Waals surface area contributed by atoms with Crippen molar-refractivity contribution in [1.82, 2.24) is 9.47 Å². The molecular weight excluding hydrogens is 440 g/mol. The minimum absolute atomic E-state index is 0.0952. The molecule has 0 unspecified atom stereocenters. The molecule has 8 heteroatoms. The molecule has 1 saturated heterocycles. The highest BCUT2D eigenvalue weighted by Crippen LogP contribution is 2.30. The molecule has 34 heavy (non-hydrogen) atoms. The van der Waals surface area contributed by atoms with Crippen LogP contribution in [0.3, 0.4) is 0 Å². The van der Waals surface area contributed by atoms with E-state index in [4.69, 9.17) is 9.15 Å². The number of fused-ring (bicyclic) bond motifs is 1. The Bertz CT molecular complexity index is 1320. The van der Waals surface area contributed by atoms with Crippen molar-refractivity contribution in [3.63, 3.8) is 0 Å². The monoisotopic (exact) mass is 465 g/mol. The van der Waals surface area contributed by atoms with Gasteiger partial charge in [-0.15, -0.1) is 0 Å². The second kappa shape index (κ2) is 9.21. The summed E-state index contributed by atoms with van der Waals surface area (Å²) in [7, 11) is 0. The van der Waals surface area contributed by atoms with Crippen LogP contribution >= 0.6 is 0 Å². The zero-order chi connectivity index (χ0) is 23.7. The molecule has 6 nitrogen and oxygen atoms in total. The van der Waals surface area contributed by atoms with Gasteiger partial charge in [-0.3, -0.25) is 4.79 Å². The lowest BCUT2D eigenvalue weighted by atomic mass is 10.2. The number of carbonyl (C=O) groups excluding carboxylic acids is 1. The molecule has 1 aliphatic rings. The number of benzene rings is 2. The number of para-hydroxylation sites is 2. The molecule has 5 rings (SSSR count). The molecule has 0 N–H and O–H groups in total. The minimum Gasteiger partial charge on any atom is -0.492 e. The van der Waals surface area contributed by atoms with Crippen LogP contribution < -0.4 is 9.64 Å². The van der Waals surface area contributed by atoms with Crippen LogP contribution in [0, 0.1) is 11.6 Å². The lowest BCUT2D eigenvalue weighted by molar-refractivity contribution is 0.0736. The lowest BCUT2D eigenvalue weighted by Gasteiger charge is -2.36. The number of ether oxygens (including phenoxy) is 1. The van der Waals surface area contributed by atoms with E-state index in [1.807, 2.05) is 31.2 Å². The standard InChI is InChI=1S/C26H25F2N3O3/c1-2-33-24-6-4-3-5-21(24)29-10-12-30(13-11-29)26(32)23-16-25-22(9-14-34-25)31(23)17-18-7-8-19(27)15-20(18)28/h3-9,14-16H,2,10-13,17H2,1H3. The van der Waals surface area contributed by atoms with Gasteiger partial charge in [-0.25, -0.2) is 8.78 Å². The smallest absolute Gasteiger partial charge is 0.270 e. The highest BCUT2D eigenvalue weighted by Gasteiger charge is 2.27. The van der Waals surface area contributed by atoms with E-state index in [0.29, 0.717) is 55.1 Å². The van der Waals surface area contributed by atoms with Crippen LogP contribution in [0.1, 0.15) is 23.0 Å². The molecule has 4 aromatic rings. The Balaban J connectivity index is 1.37. The lowest BCUT2D eigenvalue weighted by Crippen LogP contribution is -2.49. The summed E-state index contributed by atoms with van der Waals surface area (Å²) in [6, 6.07) is 14.8. The maximum atomic E-state index is 14.4. The number of carbonyl (C=O) groups is 1. The van der Waals surface area contributed by atoms with Crippen LogP contribution in [0.25, 0.3) is 11.1 Å². The van der Waals surface area contributed by atoms with E-state index in [-0.39, 0.29) is 12.5 Å². The first kappa shape index (κ1) is 22.0. The molecule has 1 aliphatic heterocycles. The maximum Gasteiger partial charge on any atom is 0.270 e. The third-order valence-corrected chi connectivity index (χ3v) is 6.16. The number of anilines is 1. The van der Waals surface area contributed by atoms with Crippen molar-refractivity contribution in [3.05, 3.63) is 83.8 Å². The first-order valence-electron chi connectivity index (χ1n) is 11.3. The van der Waals surface area contributed by atoms with Crippen molar-refractivity contribution in [1.29, 1.82) is 0 Å². The molecule has 0 atom stereocenters. The minimum atomic E-state index is -0.648. The molecule has 1 fully saturated rings. The van der Waals surface area contributed by atoms with E-state index >= 15 is 0 Å². The van der Waals surface area contributed by atoms with Gasteiger partial charge in [-0.05, 0) is 25.1 Å². The molecular formula is C26H25F2N3O3. The highest BCUT2D eigenvalue weighted by atomic mass is 19.1. The van der Waals surface area contributed by atoms with Crippen LogP contribution in [-0.4, -0.2) is 48.2 Å². The predicted molar refractivity (Wildman–Crippen MR) is 125 cm³/mol. The second-order valence-electron chi connectivity index (χ2n) is 8.20. The van der Waals surface area contributed by atoms with Crippen molar-refractivity contribution in [2.75, 3.05) is 37.7 Å². The van der Waals surface area contributed by atoms with E-state index in [1.165, 1.54) is 18.4 Å². The number of aromatic nitrogens is 1. The highest BCUT2D eigenvalue weighted by molar-refractivity contribution is 5.97. The molecule has 2 aromatic heterocycles. The molecule has 3 heterocycles. The summed E-state index contributed by atoms with van der Waals surface area (Å²) in [5, 5.41) is 0. The molecule has 0 spiro atoms. The van der Waals surface area contributed by atoms with Gasteiger partial charge in [-0.2, -0.15) is 0 Å². The van der Waals surface area contributed by atoms with Crippen LogP contribution in [0.15, 0.2) is 65.3 Å². The summed E-state index contributed by atoms with van der Waals surface area (Å²) < 4.78 is 40.7. The second-order valence-corrected chi connectivity index (χ2v) is 8.20. The quantitative estimate of drug-likeness (QED) is 0.406. The normalized spacial score (nSPS) is 14.1. The average Bonchev–Trinajstić information content (AvgIpc) is 3.43. The van der Waals surface area contributed by atoms with Gasteiger partial charge < -0.3 is 23.5 Å². The first-order chi connectivity index (χ1) is 16.5. The van der Waals surface area contributed by atoms with Gasteiger partial charge in [0.05, 0.1) is 30.6 Å². The van der Waals surface area contributed by atoms with E-state index < -0.39 is 11.6 Å². The van der Waals surface area contributed by atoms with Crippen molar-refractivity contribution >= 4 is 22.7 Å². The number of halogens is 2. The van der Waals surface area contributed by atoms with Gasteiger partial charge in [-0.1, -0.05) is 18.2 Å². The predicted octanol–water partition coefficient (Wildman–Crippen LogP) is 4.92. The topological polar surface area (TPSA) is 50.9 Å². The van der Waals surface area contributed by atoms with Crippen LogP contribution in [-0.2, 0) is 6.54 Å². The number of hydrogen-bond donors (Lipinski definition) is 0. The third kappa shape index (κ3) is 4.11. The zero-order valence-corrected chi connectivity index (χ0v) is 18.8. The molecule has 0 saturated carbocycles. The fraction of sp³-hybridized carbons (Fsp3) is 0.269. The SMILES string of the molecule is CCOc1ccccc1N1CCN(C(=O)c2cc3occc3n2Cc2ccc(F)cc2F)CC1. The van der Waals surface area contributed by atoms with Crippen LogP contribution in [0.4, 0.5) is 14.5 Å². The number of hydrogen-bond acceptors (Lipinski definition) is 4. The zero-order valence-electron chi connectivity index (χ0n) is 18.8. The van der Waals surface area contributed by atoms with Gasteiger partial charge in [0.15, 0.2) is 5.58 Å². The number of nitrogens with zero attached hydrogens (tertiary/aromatic N) is 3.